The highest BCUT2D eigenvalue weighted by Gasteiger charge is 2.18. The molecule has 1 amide bonds. The first kappa shape index (κ1) is 19.2. The molecule has 0 radical (unpaired) electrons. The van der Waals surface area contributed by atoms with Crippen molar-refractivity contribution in [2.75, 3.05) is 13.2 Å². The Morgan fingerprint density at radius 2 is 1.96 bits per heavy atom. The molecule has 1 heterocycles. The number of aryl methyl sites for hydroxylation is 2. The summed E-state index contributed by atoms with van der Waals surface area (Å²) in [5, 5.41) is 3.41. The van der Waals surface area contributed by atoms with E-state index in [0.717, 1.165) is 5.56 Å². The second-order valence-corrected chi connectivity index (χ2v) is 6.35. The Hall–Kier alpha value is -2.11. The molecule has 5 nitrogen and oxygen atoms in total. The van der Waals surface area contributed by atoms with Crippen LogP contribution < -0.4 is 5.32 Å². The fourth-order valence-electron chi connectivity index (χ4n) is 2.33. The zero-order chi connectivity index (χ0) is 18.4. The molecular formula is C18H18Cl2N2O3. The number of ether oxygens (including phenoxy) is 1. The maximum Gasteiger partial charge on any atom is 0.342 e. The highest BCUT2D eigenvalue weighted by Crippen LogP contribution is 2.19. The van der Waals surface area contributed by atoms with Gasteiger partial charge in [-0.1, -0.05) is 35.3 Å². The van der Waals surface area contributed by atoms with Gasteiger partial charge in [0.15, 0.2) is 6.61 Å². The topological polar surface area (TPSA) is 68.3 Å². The van der Waals surface area contributed by atoms with E-state index in [1.54, 1.807) is 26.0 Å². The number of esters is 1. The summed E-state index contributed by atoms with van der Waals surface area (Å²) in [4.78, 5) is 27.9. The van der Waals surface area contributed by atoms with Crippen LogP contribution in [0.2, 0.25) is 10.2 Å². The van der Waals surface area contributed by atoms with Crippen LogP contribution in [0.5, 0.6) is 0 Å². The molecule has 0 bridgehead atoms. The van der Waals surface area contributed by atoms with Crippen molar-refractivity contribution in [2.24, 2.45) is 0 Å². The molecule has 2 aromatic rings. The van der Waals surface area contributed by atoms with E-state index in [1.165, 1.54) is 0 Å². The van der Waals surface area contributed by atoms with Crippen LogP contribution in [0.25, 0.3) is 0 Å². The first-order valence-corrected chi connectivity index (χ1v) is 8.44. The number of nitrogens with zero attached hydrogens (tertiary/aromatic N) is 1. The molecular weight excluding hydrogens is 363 g/mol. The van der Waals surface area contributed by atoms with Crippen LogP contribution in [-0.4, -0.2) is 30.0 Å². The summed E-state index contributed by atoms with van der Waals surface area (Å²) in [6, 6.07) is 9.13. The largest absolute Gasteiger partial charge is 0.452 e. The Kier molecular flexibility index (Phi) is 6.79. The highest BCUT2D eigenvalue weighted by molar-refractivity contribution is 6.32. The molecule has 0 unspecified atom stereocenters. The number of benzene rings is 1. The molecule has 0 aliphatic rings. The van der Waals surface area contributed by atoms with Gasteiger partial charge in [-0.25, -0.2) is 9.78 Å². The summed E-state index contributed by atoms with van der Waals surface area (Å²) < 4.78 is 5.02. The molecule has 25 heavy (non-hydrogen) atoms. The molecule has 0 spiro atoms. The Labute approximate surface area is 156 Å². The highest BCUT2D eigenvalue weighted by atomic mass is 35.5. The van der Waals surface area contributed by atoms with Crippen molar-refractivity contribution in [3.63, 3.8) is 0 Å². The number of hydrogen-bond donors (Lipinski definition) is 1. The normalized spacial score (nSPS) is 10.4. The van der Waals surface area contributed by atoms with Gasteiger partial charge in [0, 0.05) is 17.3 Å². The summed E-state index contributed by atoms with van der Waals surface area (Å²) >= 11 is 11.9. The van der Waals surface area contributed by atoms with Crippen LogP contribution in [0.15, 0.2) is 30.3 Å². The van der Waals surface area contributed by atoms with Crippen molar-refractivity contribution in [3.05, 3.63) is 62.9 Å². The van der Waals surface area contributed by atoms with Gasteiger partial charge < -0.3 is 10.1 Å². The number of rotatable bonds is 6. The number of carbonyl (C=O) groups excluding carboxylic acids is 2. The van der Waals surface area contributed by atoms with Gasteiger partial charge in [-0.2, -0.15) is 0 Å². The number of pyridine rings is 1. The van der Waals surface area contributed by atoms with Gasteiger partial charge >= 0.3 is 5.97 Å². The van der Waals surface area contributed by atoms with Crippen molar-refractivity contribution in [2.45, 2.75) is 20.3 Å². The van der Waals surface area contributed by atoms with E-state index >= 15 is 0 Å². The number of nitrogens with one attached hydrogen (secondary N) is 1. The molecule has 1 aromatic carbocycles. The van der Waals surface area contributed by atoms with Gasteiger partial charge in [0.1, 0.15) is 5.15 Å². The van der Waals surface area contributed by atoms with E-state index in [2.05, 4.69) is 10.3 Å². The second-order valence-electron chi connectivity index (χ2n) is 5.55. The van der Waals surface area contributed by atoms with E-state index in [4.69, 9.17) is 27.9 Å². The van der Waals surface area contributed by atoms with Crippen LogP contribution in [0.1, 0.15) is 27.2 Å². The van der Waals surface area contributed by atoms with E-state index in [1.807, 2.05) is 18.2 Å². The van der Waals surface area contributed by atoms with Gasteiger partial charge in [-0.3, -0.25) is 4.79 Å². The number of hydrogen-bond acceptors (Lipinski definition) is 4. The minimum atomic E-state index is -0.667. The second kappa shape index (κ2) is 8.83. The third kappa shape index (κ3) is 5.73. The molecule has 0 saturated carbocycles. The van der Waals surface area contributed by atoms with E-state index in [9.17, 15) is 9.59 Å². The van der Waals surface area contributed by atoms with Crippen LogP contribution in [0.3, 0.4) is 0 Å². The van der Waals surface area contributed by atoms with E-state index in [-0.39, 0.29) is 23.2 Å². The Morgan fingerprint density at radius 1 is 1.20 bits per heavy atom. The Bertz CT molecular complexity index is 771. The van der Waals surface area contributed by atoms with Gasteiger partial charge in [0.25, 0.3) is 5.91 Å². The maximum absolute atomic E-state index is 12.1. The fourth-order valence-corrected chi connectivity index (χ4v) is 2.90. The smallest absolute Gasteiger partial charge is 0.342 e. The van der Waals surface area contributed by atoms with Crippen molar-refractivity contribution in [1.82, 2.24) is 10.3 Å². The zero-order valence-electron chi connectivity index (χ0n) is 13.9. The van der Waals surface area contributed by atoms with E-state index < -0.39 is 5.97 Å². The number of amides is 1. The molecule has 7 heteroatoms. The molecule has 0 aliphatic carbocycles. The lowest BCUT2D eigenvalue weighted by atomic mass is 10.1. The third-order valence-corrected chi connectivity index (χ3v) is 3.97. The van der Waals surface area contributed by atoms with Crippen molar-refractivity contribution >= 4 is 35.1 Å². The van der Waals surface area contributed by atoms with Crippen molar-refractivity contribution in [1.29, 1.82) is 0 Å². The summed E-state index contributed by atoms with van der Waals surface area (Å²) in [5.41, 5.74) is 2.55. The van der Waals surface area contributed by atoms with Gasteiger partial charge in [-0.05, 0) is 49.6 Å². The standard InChI is InChI=1S/C18H18Cl2N2O3/c1-11-8-12(2)22-17(20)16(11)18(24)25-10-15(23)21-7-6-13-4-3-5-14(19)9-13/h3-5,8-9H,6-7,10H2,1-2H3,(H,21,23). The molecule has 0 fully saturated rings. The predicted octanol–water partition coefficient (Wildman–Crippen LogP) is 3.52. The minimum absolute atomic E-state index is 0.0730. The predicted molar refractivity (Wildman–Crippen MR) is 97.2 cm³/mol. The molecule has 1 aromatic heterocycles. The van der Waals surface area contributed by atoms with Gasteiger partial charge in [0.2, 0.25) is 0 Å². The summed E-state index contributed by atoms with van der Waals surface area (Å²) in [6.07, 6.45) is 0.632. The average molecular weight is 381 g/mol. The molecule has 0 aliphatic heterocycles. The number of aromatic nitrogens is 1. The number of halogens is 2. The number of carbonyl (C=O) groups is 2. The van der Waals surface area contributed by atoms with E-state index in [0.29, 0.717) is 29.2 Å². The lowest BCUT2D eigenvalue weighted by Gasteiger charge is -2.10. The van der Waals surface area contributed by atoms with Crippen LogP contribution in [0, 0.1) is 13.8 Å². The van der Waals surface area contributed by atoms with Crippen LogP contribution in [-0.2, 0) is 16.0 Å². The third-order valence-electron chi connectivity index (χ3n) is 3.46. The first-order valence-electron chi connectivity index (χ1n) is 7.69. The average Bonchev–Trinajstić information content (AvgIpc) is 2.52. The fraction of sp³-hybridized carbons (Fsp3) is 0.278. The maximum atomic E-state index is 12.1. The molecule has 132 valence electrons. The van der Waals surface area contributed by atoms with Crippen molar-refractivity contribution in [3.8, 4) is 0 Å². The summed E-state index contributed by atoms with van der Waals surface area (Å²) in [6.45, 7) is 3.56. The first-order chi connectivity index (χ1) is 11.9. The Morgan fingerprint density at radius 3 is 2.64 bits per heavy atom. The summed E-state index contributed by atoms with van der Waals surface area (Å²) in [5.74, 6) is -1.05. The van der Waals surface area contributed by atoms with Crippen molar-refractivity contribution < 1.29 is 14.3 Å². The molecule has 0 saturated heterocycles. The van der Waals surface area contributed by atoms with Gasteiger partial charge in [0.05, 0.1) is 5.56 Å². The molecule has 0 atom stereocenters. The van der Waals surface area contributed by atoms with Crippen LogP contribution >= 0.6 is 23.2 Å². The quantitative estimate of drug-likeness (QED) is 0.614. The lowest BCUT2D eigenvalue weighted by Crippen LogP contribution is -2.30. The van der Waals surface area contributed by atoms with Gasteiger partial charge in [-0.15, -0.1) is 0 Å². The minimum Gasteiger partial charge on any atom is -0.452 e. The Balaban J connectivity index is 1.81. The lowest BCUT2D eigenvalue weighted by molar-refractivity contribution is -0.124. The molecule has 1 N–H and O–H groups in total. The van der Waals surface area contributed by atoms with Crippen LogP contribution in [0.4, 0.5) is 0 Å². The summed E-state index contributed by atoms with van der Waals surface area (Å²) in [7, 11) is 0. The zero-order valence-corrected chi connectivity index (χ0v) is 15.4. The SMILES string of the molecule is Cc1cc(C)c(C(=O)OCC(=O)NCCc2cccc(Cl)c2)c(Cl)n1. The monoisotopic (exact) mass is 380 g/mol. The molecule has 2 rings (SSSR count).